The van der Waals surface area contributed by atoms with Gasteiger partial charge in [0.2, 0.25) is 5.82 Å². The molecule has 1 N–H and O–H groups in total. The first kappa shape index (κ1) is 29.9. The van der Waals surface area contributed by atoms with Crippen molar-refractivity contribution in [1.82, 2.24) is 15.5 Å². The van der Waals surface area contributed by atoms with E-state index in [1.807, 2.05) is 44.2 Å². The van der Waals surface area contributed by atoms with Crippen molar-refractivity contribution in [3.8, 4) is 28.6 Å². The quantitative estimate of drug-likeness (QED) is 0.233. The van der Waals surface area contributed by atoms with Crippen LogP contribution >= 0.6 is 11.6 Å². The second-order valence-electron chi connectivity index (χ2n) is 12.3. The maximum Gasteiger partial charge on any atom is 0.408 e. The SMILES string of the molecule is CC(C)COc1ccc(-c2nc(-c3ccc4oc(C5(NC(=O)OC(C)(C)C)COC(C)(C)OC5)cc4c3)no2)cc1Cl. The van der Waals surface area contributed by atoms with Gasteiger partial charge in [0.25, 0.3) is 5.89 Å². The maximum atomic E-state index is 12.8. The highest BCUT2D eigenvalue weighted by Gasteiger charge is 2.46. The van der Waals surface area contributed by atoms with E-state index in [-0.39, 0.29) is 13.2 Å². The van der Waals surface area contributed by atoms with Gasteiger partial charge in [-0.05, 0) is 83.0 Å². The van der Waals surface area contributed by atoms with Gasteiger partial charge < -0.3 is 33.2 Å². The molecule has 0 aliphatic carbocycles. The van der Waals surface area contributed by atoms with Crippen LogP contribution in [0.15, 0.2) is 51.4 Å². The lowest BCUT2D eigenvalue weighted by atomic mass is 9.96. The smallest absolute Gasteiger partial charge is 0.408 e. The van der Waals surface area contributed by atoms with E-state index in [0.29, 0.717) is 51.9 Å². The molecule has 224 valence electrons. The van der Waals surface area contributed by atoms with E-state index >= 15 is 0 Å². The number of benzene rings is 2. The summed E-state index contributed by atoms with van der Waals surface area (Å²) in [7, 11) is 0. The van der Waals surface area contributed by atoms with Gasteiger partial charge in [0.15, 0.2) is 5.79 Å². The van der Waals surface area contributed by atoms with Crippen LogP contribution < -0.4 is 10.1 Å². The van der Waals surface area contributed by atoms with Crippen molar-refractivity contribution in [3.05, 3.63) is 53.2 Å². The first-order valence-electron chi connectivity index (χ1n) is 13.8. The van der Waals surface area contributed by atoms with E-state index in [1.165, 1.54) is 0 Å². The minimum atomic E-state index is -1.10. The lowest BCUT2D eigenvalue weighted by Gasteiger charge is -2.42. The molecule has 0 spiro atoms. The number of ether oxygens (including phenoxy) is 4. The van der Waals surface area contributed by atoms with Crippen LogP contribution in [0.5, 0.6) is 5.75 Å². The van der Waals surface area contributed by atoms with Gasteiger partial charge in [-0.15, -0.1) is 0 Å². The molecular weight excluding hydrogens is 562 g/mol. The molecule has 0 unspecified atom stereocenters. The standard InChI is InChI=1S/C31H36ClN3O7/c1-18(2)15-37-24-11-9-20(13-22(24)32)27-33-26(35-42-27)19-8-10-23-21(12-19)14-25(40-23)31(16-38-30(6,7)39-17-31)34-28(36)41-29(3,4)5/h8-14,18H,15-17H2,1-7H3,(H,34,36). The summed E-state index contributed by atoms with van der Waals surface area (Å²) in [6.45, 7) is 14.0. The number of furan rings is 1. The topological polar surface area (TPSA) is 118 Å². The zero-order valence-electron chi connectivity index (χ0n) is 24.9. The van der Waals surface area contributed by atoms with E-state index in [9.17, 15) is 4.79 Å². The van der Waals surface area contributed by atoms with Crippen molar-refractivity contribution in [1.29, 1.82) is 0 Å². The van der Waals surface area contributed by atoms with Crippen LogP contribution in [0, 0.1) is 5.92 Å². The van der Waals surface area contributed by atoms with Gasteiger partial charge in [-0.3, -0.25) is 0 Å². The zero-order chi connectivity index (χ0) is 30.3. The van der Waals surface area contributed by atoms with Crippen LogP contribution in [0.4, 0.5) is 4.79 Å². The molecule has 0 saturated carbocycles. The van der Waals surface area contributed by atoms with Gasteiger partial charge in [0.1, 0.15) is 28.2 Å². The third-order valence-corrected chi connectivity index (χ3v) is 6.79. The molecule has 2 aromatic heterocycles. The Kier molecular flexibility index (Phi) is 8.00. The summed E-state index contributed by atoms with van der Waals surface area (Å²) in [6, 6.07) is 12.8. The third kappa shape index (κ3) is 6.72. The van der Waals surface area contributed by atoms with Crippen molar-refractivity contribution in [2.24, 2.45) is 5.92 Å². The number of hydrogen-bond acceptors (Lipinski definition) is 9. The Morgan fingerprint density at radius 3 is 2.45 bits per heavy atom. The van der Waals surface area contributed by atoms with Gasteiger partial charge in [0, 0.05) is 16.5 Å². The Hall–Kier alpha value is -3.60. The number of amides is 1. The normalized spacial score (nSPS) is 16.5. The largest absolute Gasteiger partial charge is 0.492 e. The third-order valence-electron chi connectivity index (χ3n) is 6.50. The Balaban J connectivity index is 1.41. The number of halogens is 1. The van der Waals surface area contributed by atoms with Crippen molar-refractivity contribution < 1.29 is 32.7 Å². The summed E-state index contributed by atoms with van der Waals surface area (Å²) in [5, 5.41) is 8.35. The molecule has 3 heterocycles. The summed E-state index contributed by atoms with van der Waals surface area (Å²) >= 11 is 6.43. The second kappa shape index (κ2) is 11.2. The predicted molar refractivity (Wildman–Crippen MR) is 157 cm³/mol. The number of carbonyl (C=O) groups excluding carboxylic acids is 1. The summed E-state index contributed by atoms with van der Waals surface area (Å²) < 4.78 is 34.9. The predicted octanol–water partition coefficient (Wildman–Crippen LogP) is 7.34. The summed E-state index contributed by atoms with van der Waals surface area (Å²) in [4.78, 5) is 17.4. The molecule has 1 amide bonds. The van der Waals surface area contributed by atoms with Crippen LogP contribution in [-0.4, -0.2) is 47.4 Å². The van der Waals surface area contributed by atoms with Gasteiger partial charge in [-0.25, -0.2) is 4.79 Å². The van der Waals surface area contributed by atoms with Crippen LogP contribution in [0.1, 0.15) is 54.2 Å². The summed E-state index contributed by atoms with van der Waals surface area (Å²) in [5.41, 5.74) is 0.233. The van der Waals surface area contributed by atoms with E-state index in [4.69, 9.17) is 39.5 Å². The zero-order valence-corrected chi connectivity index (χ0v) is 25.6. The summed E-state index contributed by atoms with van der Waals surface area (Å²) in [5.74, 6) is 1.38. The number of nitrogens with one attached hydrogen (secondary N) is 1. The Morgan fingerprint density at radius 2 is 1.79 bits per heavy atom. The van der Waals surface area contributed by atoms with Gasteiger partial charge >= 0.3 is 6.09 Å². The van der Waals surface area contributed by atoms with E-state index < -0.39 is 23.0 Å². The van der Waals surface area contributed by atoms with Gasteiger partial charge in [0.05, 0.1) is 24.8 Å². The van der Waals surface area contributed by atoms with Crippen LogP contribution in [0.3, 0.4) is 0 Å². The van der Waals surface area contributed by atoms with Crippen molar-refractivity contribution in [2.45, 2.75) is 65.4 Å². The number of hydrogen-bond donors (Lipinski definition) is 1. The number of alkyl carbamates (subject to hydrolysis) is 1. The average molecular weight is 598 g/mol. The molecule has 10 nitrogen and oxygen atoms in total. The Morgan fingerprint density at radius 1 is 1.07 bits per heavy atom. The van der Waals surface area contributed by atoms with E-state index in [1.54, 1.807) is 32.9 Å². The highest BCUT2D eigenvalue weighted by atomic mass is 35.5. The molecule has 11 heteroatoms. The lowest BCUT2D eigenvalue weighted by Crippen LogP contribution is -2.59. The van der Waals surface area contributed by atoms with E-state index in [2.05, 4.69) is 29.3 Å². The molecule has 4 aromatic rings. The summed E-state index contributed by atoms with van der Waals surface area (Å²) in [6.07, 6.45) is -0.602. The molecule has 0 bridgehead atoms. The average Bonchev–Trinajstić information content (AvgIpc) is 3.56. The Bertz CT molecular complexity index is 1570. The molecule has 0 radical (unpaired) electrons. The number of carbonyl (C=O) groups is 1. The first-order valence-corrected chi connectivity index (χ1v) is 14.2. The van der Waals surface area contributed by atoms with Crippen molar-refractivity contribution in [2.75, 3.05) is 19.8 Å². The lowest BCUT2D eigenvalue weighted by molar-refractivity contribution is -0.274. The Labute approximate surface area is 249 Å². The molecule has 42 heavy (non-hydrogen) atoms. The maximum absolute atomic E-state index is 12.8. The minimum Gasteiger partial charge on any atom is -0.492 e. The molecule has 5 rings (SSSR count). The number of rotatable bonds is 7. The number of aromatic nitrogens is 2. The molecule has 1 aliphatic rings. The second-order valence-corrected chi connectivity index (χ2v) is 12.7. The molecule has 2 aromatic carbocycles. The fourth-order valence-electron chi connectivity index (χ4n) is 4.34. The van der Waals surface area contributed by atoms with Crippen LogP contribution in [-0.2, 0) is 19.7 Å². The molecule has 0 atom stereocenters. The molecular formula is C31H36ClN3O7. The molecule has 1 saturated heterocycles. The highest BCUT2D eigenvalue weighted by molar-refractivity contribution is 6.32. The molecule has 1 aliphatic heterocycles. The van der Waals surface area contributed by atoms with Gasteiger partial charge in [-0.1, -0.05) is 30.6 Å². The monoisotopic (exact) mass is 597 g/mol. The van der Waals surface area contributed by atoms with Crippen molar-refractivity contribution in [3.63, 3.8) is 0 Å². The van der Waals surface area contributed by atoms with Crippen LogP contribution in [0.2, 0.25) is 5.02 Å². The van der Waals surface area contributed by atoms with Crippen LogP contribution in [0.25, 0.3) is 33.8 Å². The molecule has 1 fully saturated rings. The van der Waals surface area contributed by atoms with Crippen molar-refractivity contribution >= 4 is 28.7 Å². The van der Waals surface area contributed by atoms with Gasteiger partial charge in [-0.2, -0.15) is 4.98 Å². The van der Waals surface area contributed by atoms with E-state index in [0.717, 1.165) is 10.9 Å². The fraction of sp³-hybridized carbons (Fsp3) is 0.452. The fourth-order valence-corrected chi connectivity index (χ4v) is 4.57. The minimum absolute atomic E-state index is 0.129. The first-order chi connectivity index (χ1) is 19.7. The number of fused-ring (bicyclic) bond motifs is 1. The number of nitrogens with zero attached hydrogens (tertiary/aromatic N) is 2. The highest BCUT2D eigenvalue weighted by Crippen LogP contribution is 2.36.